The monoisotopic (exact) mass is 363 g/mol. The van der Waals surface area contributed by atoms with Gasteiger partial charge in [0, 0.05) is 6.07 Å². The highest BCUT2D eigenvalue weighted by molar-refractivity contribution is 5.90. The zero-order chi connectivity index (χ0) is 18.6. The van der Waals surface area contributed by atoms with Gasteiger partial charge in [-0.2, -0.15) is 4.89 Å². The highest BCUT2D eigenvalue weighted by Crippen LogP contribution is 2.26. The molecule has 0 aliphatic heterocycles. The van der Waals surface area contributed by atoms with Crippen molar-refractivity contribution in [2.75, 3.05) is 14.2 Å². The van der Waals surface area contributed by atoms with Crippen LogP contribution in [0.1, 0.15) is 81.0 Å². The van der Waals surface area contributed by atoms with Crippen molar-refractivity contribution in [1.29, 1.82) is 0 Å². The molecule has 1 aromatic carbocycles. The van der Waals surface area contributed by atoms with Crippen molar-refractivity contribution in [2.45, 2.75) is 70.6 Å². The van der Waals surface area contributed by atoms with E-state index in [4.69, 9.17) is 19.2 Å². The molecule has 2 rings (SSSR count). The molecule has 0 atom stereocenters. The van der Waals surface area contributed by atoms with Crippen LogP contribution in [0.2, 0.25) is 0 Å². The quantitative estimate of drug-likeness (QED) is 0.501. The molecule has 0 aromatic heterocycles. The zero-order valence-corrected chi connectivity index (χ0v) is 16.1. The zero-order valence-electron chi connectivity index (χ0n) is 16.1. The van der Waals surface area contributed by atoms with Gasteiger partial charge in [-0.1, -0.05) is 57.8 Å². The van der Waals surface area contributed by atoms with Gasteiger partial charge in [-0.05, 0) is 25.0 Å². The van der Waals surface area contributed by atoms with E-state index in [1.807, 2.05) is 0 Å². The van der Waals surface area contributed by atoms with Crippen LogP contribution < -0.4 is 9.47 Å². The number of carbonyl (C=O) groups excluding carboxylic acids is 1. The van der Waals surface area contributed by atoms with E-state index in [0.717, 1.165) is 31.8 Å². The minimum Gasteiger partial charge on any atom is -0.497 e. The Balaban J connectivity index is 1.88. The number of hydrogen-bond donors (Lipinski definition) is 0. The van der Waals surface area contributed by atoms with Crippen molar-refractivity contribution in [2.24, 2.45) is 0 Å². The molecule has 145 valence electrons. The van der Waals surface area contributed by atoms with E-state index in [9.17, 15) is 4.79 Å². The van der Waals surface area contributed by atoms with E-state index in [2.05, 4.69) is 0 Å². The summed E-state index contributed by atoms with van der Waals surface area (Å²) in [6.45, 7) is 0. The average Bonchev–Trinajstić information content (AvgIpc) is 2.66. The number of hydrogen-bond acceptors (Lipinski definition) is 5. The Hall–Kier alpha value is -1.75. The third-order valence-corrected chi connectivity index (χ3v) is 4.73. The number of benzene rings is 1. The van der Waals surface area contributed by atoms with Crippen LogP contribution in [0.5, 0.6) is 11.5 Å². The lowest BCUT2D eigenvalue weighted by Crippen LogP contribution is -2.11. The van der Waals surface area contributed by atoms with Crippen LogP contribution >= 0.6 is 0 Å². The van der Waals surface area contributed by atoms with E-state index in [-0.39, 0.29) is 0 Å². The average molecular weight is 363 g/mol. The van der Waals surface area contributed by atoms with Gasteiger partial charge >= 0.3 is 5.97 Å². The van der Waals surface area contributed by atoms with E-state index >= 15 is 0 Å². The first-order chi connectivity index (χ1) is 12.7. The molecule has 26 heavy (non-hydrogen) atoms. The topological polar surface area (TPSA) is 54.0 Å². The van der Waals surface area contributed by atoms with E-state index in [1.165, 1.54) is 44.9 Å². The third-order valence-electron chi connectivity index (χ3n) is 4.73. The summed E-state index contributed by atoms with van der Waals surface area (Å²) < 4.78 is 10.4. The number of ether oxygens (including phenoxy) is 2. The first-order valence-corrected chi connectivity index (χ1v) is 9.69. The molecule has 0 bridgehead atoms. The summed E-state index contributed by atoms with van der Waals surface area (Å²) in [5.41, 5.74) is 0.343. The van der Waals surface area contributed by atoms with Gasteiger partial charge in [-0.3, -0.25) is 4.89 Å². The van der Waals surface area contributed by atoms with Crippen LogP contribution in [0.4, 0.5) is 0 Å². The van der Waals surface area contributed by atoms with Gasteiger partial charge in [-0.25, -0.2) is 4.79 Å². The Morgan fingerprint density at radius 2 is 1.19 bits per heavy atom. The first-order valence-electron chi connectivity index (χ1n) is 9.69. The summed E-state index contributed by atoms with van der Waals surface area (Å²) in [5, 5.41) is 0. The van der Waals surface area contributed by atoms with Crippen molar-refractivity contribution >= 4 is 5.97 Å². The second kappa shape index (κ2) is 11.8. The number of methoxy groups -OCH3 is 2. The lowest BCUT2D eigenvalue weighted by molar-refractivity contribution is -0.237. The molecule has 0 saturated heterocycles. The van der Waals surface area contributed by atoms with E-state index < -0.39 is 5.97 Å². The molecule has 1 fully saturated rings. The molecule has 1 aliphatic rings. The predicted octanol–water partition coefficient (Wildman–Crippen LogP) is 5.63. The SMILES string of the molecule is COc1cc(OC)cc(C(=O)OO[C]2CCCCCCCCCCC2)c1. The Morgan fingerprint density at radius 3 is 1.65 bits per heavy atom. The van der Waals surface area contributed by atoms with Gasteiger partial charge < -0.3 is 9.47 Å². The molecule has 0 amide bonds. The maximum Gasteiger partial charge on any atom is 0.373 e. The Kier molecular flexibility index (Phi) is 9.32. The van der Waals surface area contributed by atoms with Crippen LogP contribution in [-0.2, 0) is 9.78 Å². The van der Waals surface area contributed by atoms with Gasteiger partial charge in [-0.15, -0.1) is 0 Å². The molecule has 1 aromatic rings. The fourth-order valence-electron chi connectivity index (χ4n) is 3.16. The molecule has 5 heteroatoms. The second-order valence-electron chi connectivity index (χ2n) is 6.78. The van der Waals surface area contributed by atoms with E-state index in [1.54, 1.807) is 32.4 Å². The van der Waals surface area contributed by atoms with Crippen LogP contribution in [-0.4, -0.2) is 20.2 Å². The molecular formula is C21H31O5. The number of carbonyl (C=O) groups is 1. The summed E-state index contributed by atoms with van der Waals surface area (Å²) >= 11 is 0. The van der Waals surface area contributed by atoms with Gasteiger partial charge in [0.1, 0.15) is 17.6 Å². The van der Waals surface area contributed by atoms with Gasteiger partial charge in [0.15, 0.2) is 0 Å². The molecule has 1 aliphatic carbocycles. The van der Waals surface area contributed by atoms with Crippen molar-refractivity contribution in [3.8, 4) is 11.5 Å². The molecular weight excluding hydrogens is 332 g/mol. The Bertz CT molecular complexity index is 509. The largest absolute Gasteiger partial charge is 0.497 e. The second-order valence-corrected chi connectivity index (χ2v) is 6.78. The summed E-state index contributed by atoms with van der Waals surface area (Å²) in [5.74, 6) is 0.533. The van der Waals surface area contributed by atoms with Crippen molar-refractivity contribution in [3.63, 3.8) is 0 Å². The highest BCUT2D eigenvalue weighted by Gasteiger charge is 2.18. The summed E-state index contributed by atoms with van der Waals surface area (Å²) in [6, 6.07) is 4.93. The van der Waals surface area contributed by atoms with Gasteiger partial charge in [0.05, 0.1) is 19.8 Å². The summed E-state index contributed by atoms with van der Waals surface area (Å²) in [6.07, 6.45) is 13.7. The standard InChI is InChI=1S/C21H31O5/c1-23-19-14-17(15-20(16-19)24-2)21(22)26-25-18-12-10-8-6-4-3-5-7-9-11-13-18/h14-16H,3-13H2,1-2H3. The Morgan fingerprint density at radius 1 is 0.731 bits per heavy atom. The molecule has 1 saturated carbocycles. The molecule has 0 unspecified atom stereocenters. The van der Waals surface area contributed by atoms with Crippen LogP contribution in [0.25, 0.3) is 0 Å². The fraction of sp³-hybridized carbons (Fsp3) is 0.619. The first kappa shape index (κ1) is 20.6. The summed E-state index contributed by atoms with van der Waals surface area (Å²) in [7, 11) is 3.09. The minimum atomic E-state index is -0.541. The van der Waals surface area contributed by atoms with Crippen molar-refractivity contribution in [3.05, 3.63) is 29.9 Å². The molecule has 0 N–H and O–H groups in total. The smallest absolute Gasteiger partial charge is 0.373 e. The maximum atomic E-state index is 12.3. The maximum absolute atomic E-state index is 12.3. The lowest BCUT2D eigenvalue weighted by Gasteiger charge is -2.16. The third kappa shape index (κ3) is 7.24. The molecule has 1 radical (unpaired) electrons. The summed E-state index contributed by atoms with van der Waals surface area (Å²) in [4.78, 5) is 22.9. The van der Waals surface area contributed by atoms with Crippen LogP contribution in [0, 0.1) is 6.10 Å². The Labute approximate surface area is 156 Å². The molecule has 0 spiro atoms. The number of rotatable bonds is 5. The van der Waals surface area contributed by atoms with Gasteiger partial charge in [0.25, 0.3) is 0 Å². The fourth-order valence-corrected chi connectivity index (χ4v) is 3.16. The lowest BCUT2D eigenvalue weighted by atomic mass is 9.99. The van der Waals surface area contributed by atoms with Crippen LogP contribution in [0.3, 0.4) is 0 Å². The molecule has 0 heterocycles. The van der Waals surface area contributed by atoms with Crippen molar-refractivity contribution < 1.29 is 24.0 Å². The van der Waals surface area contributed by atoms with Crippen LogP contribution in [0.15, 0.2) is 18.2 Å². The van der Waals surface area contributed by atoms with Crippen molar-refractivity contribution in [1.82, 2.24) is 0 Å². The highest BCUT2D eigenvalue weighted by atomic mass is 17.2. The molecule has 5 nitrogen and oxygen atoms in total. The van der Waals surface area contributed by atoms with Gasteiger partial charge in [0.2, 0.25) is 0 Å². The van der Waals surface area contributed by atoms with E-state index in [0.29, 0.717) is 17.1 Å². The predicted molar refractivity (Wildman–Crippen MR) is 100 cm³/mol. The normalized spacial score (nSPS) is 17.6. The minimum absolute atomic E-state index is 0.343.